The predicted molar refractivity (Wildman–Crippen MR) is 73.5 cm³/mol. The van der Waals surface area contributed by atoms with E-state index in [4.69, 9.17) is 0 Å². The van der Waals surface area contributed by atoms with Crippen LogP contribution < -0.4 is 5.32 Å². The van der Waals surface area contributed by atoms with Gasteiger partial charge in [-0.1, -0.05) is 0 Å². The molecule has 0 atom stereocenters. The van der Waals surface area contributed by atoms with Gasteiger partial charge in [-0.15, -0.1) is 0 Å². The smallest absolute Gasteiger partial charge is 0.246 e. The Morgan fingerprint density at radius 2 is 1.95 bits per heavy atom. The van der Waals surface area contributed by atoms with Crippen molar-refractivity contribution in [2.45, 2.75) is 31.6 Å². The second kappa shape index (κ2) is 5.60. The van der Waals surface area contributed by atoms with Crippen molar-refractivity contribution in [1.29, 1.82) is 0 Å². The second-order valence-electron chi connectivity index (χ2n) is 5.24. The van der Waals surface area contributed by atoms with Crippen LogP contribution in [0.4, 0.5) is 0 Å². The highest BCUT2D eigenvalue weighted by Crippen LogP contribution is 2.23. The summed E-state index contributed by atoms with van der Waals surface area (Å²) in [4.78, 5) is 0.323. The number of H-pyrrole nitrogens is 1. The number of nitrogens with zero attached hydrogens (tertiary/aromatic N) is 2. The lowest BCUT2D eigenvalue weighted by molar-refractivity contribution is 0.311. The van der Waals surface area contributed by atoms with Crippen molar-refractivity contribution in [3.8, 4) is 0 Å². The Morgan fingerprint density at radius 3 is 2.47 bits per heavy atom. The lowest BCUT2D eigenvalue weighted by atomic mass is 9.98. The topological polar surface area (TPSA) is 78.1 Å². The molecular weight excluding hydrogens is 264 g/mol. The Labute approximate surface area is 114 Å². The van der Waals surface area contributed by atoms with Crippen LogP contribution in [0.3, 0.4) is 0 Å². The van der Waals surface area contributed by atoms with Crippen LogP contribution in [0, 0.1) is 19.8 Å². The van der Waals surface area contributed by atoms with Gasteiger partial charge in [0.15, 0.2) is 0 Å². The quantitative estimate of drug-likeness (QED) is 0.852. The van der Waals surface area contributed by atoms with E-state index in [1.165, 1.54) is 4.31 Å². The average molecular weight is 286 g/mol. The number of rotatable bonds is 4. The molecule has 2 rings (SSSR count). The molecule has 0 bridgehead atoms. The molecule has 0 radical (unpaired) electrons. The molecule has 1 fully saturated rings. The Morgan fingerprint density at radius 1 is 1.32 bits per heavy atom. The van der Waals surface area contributed by atoms with Crippen LogP contribution in [-0.4, -0.2) is 49.6 Å². The third kappa shape index (κ3) is 2.98. The molecule has 1 aliphatic heterocycles. The maximum atomic E-state index is 12.6. The summed E-state index contributed by atoms with van der Waals surface area (Å²) in [5.41, 5.74) is 1.14. The summed E-state index contributed by atoms with van der Waals surface area (Å²) in [6.07, 6.45) is 2.06. The van der Waals surface area contributed by atoms with Gasteiger partial charge in [0, 0.05) is 13.6 Å². The van der Waals surface area contributed by atoms with Crippen LogP contribution in [0.25, 0.3) is 0 Å². The third-order valence-corrected chi connectivity index (χ3v) is 5.79. The van der Waals surface area contributed by atoms with Crippen LogP contribution in [0.15, 0.2) is 4.90 Å². The molecule has 1 aromatic heterocycles. The van der Waals surface area contributed by atoms with Crippen molar-refractivity contribution >= 4 is 10.0 Å². The van der Waals surface area contributed by atoms with Crippen molar-refractivity contribution in [2.75, 3.05) is 26.7 Å². The van der Waals surface area contributed by atoms with E-state index >= 15 is 0 Å². The fourth-order valence-electron chi connectivity index (χ4n) is 2.60. The highest BCUT2D eigenvalue weighted by Gasteiger charge is 2.29. The zero-order valence-electron chi connectivity index (χ0n) is 11.7. The zero-order valence-corrected chi connectivity index (χ0v) is 12.5. The number of aromatic nitrogens is 2. The van der Waals surface area contributed by atoms with E-state index in [1.54, 1.807) is 20.9 Å². The minimum atomic E-state index is -3.44. The third-order valence-electron chi connectivity index (χ3n) is 3.70. The number of aromatic amines is 1. The molecule has 1 saturated heterocycles. The van der Waals surface area contributed by atoms with E-state index in [9.17, 15) is 8.42 Å². The first-order valence-corrected chi connectivity index (χ1v) is 8.05. The van der Waals surface area contributed by atoms with Crippen molar-refractivity contribution in [2.24, 2.45) is 5.92 Å². The summed E-state index contributed by atoms with van der Waals surface area (Å²) < 4.78 is 26.6. The number of aryl methyl sites for hydroxylation is 2. The van der Waals surface area contributed by atoms with Gasteiger partial charge >= 0.3 is 0 Å². The van der Waals surface area contributed by atoms with Crippen LogP contribution >= 0.6 is 0 Å². The van der Waals surface area contributed by atoms with Crippen LogP contribution in [0.5, 0.6) is 0 Å². The van der Waals surface area contributed by atoms with E-state index in [0.29, 0.717) is 28.7 Å². The predicted octanol–water partition coefficient (Wildman–Crippen LogP) is 0.647. The van der Waals surface area contributed by atoms with Gasteiger partial charge in [0.1, 0.15) is 4.90 Å². The van der Waals surface area contributed by atoms with Gasteiger partial charge in [0.2, 0.25) is 10.0 Å². The van der Waals surface area contributed by atoms with Gasteiger partial charge in [0.25, 0.3) is 0 Å². The van der Waals surface area contributed by atoms with E-state index in [0.717, 1.165) is 25.9 Å². The summed E-state index contributed by atoms with van der Waals surface area (Å²) in [7, 11) is -1.78. The molecule has 1 aliphatic rings. The zero-order chi connectivity index (χ0) is 14.0. The molecule has 0 aliphatic carbocycles. The number of hydrogen-bond acceptors (Lipinski definition) is 4. The molecule has 0 saturated carbocycles. The first kappa shape index (κ1) is 14.5. The largest absolute Gasteiger partial charge is 0.317 e. The molecule has 0 amide bonds. The summed E-state index contributed by atoms with van der Waals surface area (Å²) >= 11 is 0. The van der Waals surface area contributed by atoms with Crippen molar-refractivity contribution in [1.82, 2.24) is 19.8 Å². The molecule has 2 N–H and O–H groups in total. The number of hydrogen-bond donors (Lipinski definition) is 2. The number of sulfonamides is 1. The lowest BCUT2D eigenvalue weighted by Crippen LogP contribution is -2.37. The number of piperidine rings is 1. The van der Waals surface area contributed by atoms with Gasteiger partial charge in [-0.05, 0) is 45.7 Å². The number of nitrogens with one attached hydrogen (secondary N) is 2. The summed E-state index contributed by atoms with van der Waals surface area (Å²) in [6, 6.07) is 0. The van der Waals surface area contributed by atoms with Gasteiger partial charge in [-0.3, -0.25) is 5.10 Å². The molecule has 0 unspecified atom stereocenters. The van der Waals surface area contributed by atoms with Gasteiger partial charge in [-0.2, -0.15) is 5.10 Å². The molecule has 1 aromatic rings. The average Bonchev–Trinajstić information content (AvgIpc) is 2.70. The Hall–Kier alpha value is -0.920. The monoisotopic (exact) mass is 286 g/mol. The van der Waals surface area contributed by atoms with Crippen LogP contribution in [-0.2, 0) is 10.0 Å². The summed E-state index contributed by atoms with van der Waals surface area (Å²) in [6.45, 7) is 5.98. The minimum absolute atomic E-state index is 0.323. The van der Waals surface area contributed by atoms with E-state index in [2.05, 4.69) is 15.5 Å². The first-order valence-electron chi connectivity index (χ1n) is 6.61. The molecule has 2 heterocycles. The molecule has 108 valence electrons. The van der Waals surface area contributed by atoms with E-state index < -0.39 is 10.0 Å². The van der Waals surface area contributed by atoms with Crippen molar-refractivity contribution in [3.63, 3.8) is 0 Å². The van der Waals surface area contributed by atoms with Crippen molar-refractivity contribution < 1.29 is 8.42 Å². The molecule has 0 aromatic carbocycles. The lowest BCUT2D eigenvalue weighted by Gasteiger charge is -2.27. The maximum Gasteiger partial charge on any atom is 0.246 e. The fourth-order valence-corrected chi connectivity index (χ4v) is 4.17. The molecule has 6 nitrogen and oxygen atoms in total. The Kier molecular flexibility index (Phi) is 4.27. The SMILES string of the molecule is Cc1n[nH]c(C)c1S(=O)(=O)N(C)CC1CCNCC1. The standard InChI is InChI=1S/C12H22N4O2S/c1-9-12(10(2)15-14-9)19(17,18)16(3)8-11-4-6-13-7-5-11/h11,13H,4-8H2,1-3H3,(H,14,15). The van der Waals surface area contributed by atoms with Gasteiger partial charge in [0.05, 0.1) is 11.4 Å². The molecule has 7 heteroatoms. The Bertz CT molecular complexity index is 512. The highest BCUT2D eigenvalue weighted by atomic mass is 32.2. The first-order chi connectivity index (χ1) is 8.93. The van der Waals surface area contributed by atoms with Gasteiger partial charge < -0.3 is 5.32 Å². The Balaban J connectivity index is 2.15. The van der Waals surface area contributed by atoms with E-state index in [1.807, 2.05) is 0 Å². The molecule has 0 spiro atoms. The normalized spacial score (nSPS) is 18.1. The maximum absolute atomic E-state index is 12.6. The minimum Gasteiger partial charge on any atom is -0.317 e. The summed E-state index contributed by atoms with van der Waals surface area (Å²) in [5.74, 6) is 0.438. The summed E-state index contributed by atoms with van der Waals surface area (Å²) in [5, 5.41) is 10.00. The van der Waals surface area contributed by atoms with Crippen LogP contribution in [0.2, 0.25) is 0 Å². The molecular formula is C12H22N4O2S. The second-order valence-corrected chi connectivity index (χ2v) is 7.22. The molecule has 19 heavy (non-hydrogen) atoms. The highest BCUT2D eigenvalue weighted by molar-refractivity contribution is 7.89. The van der Waals surface area contributed by atoms with Gasteiger partial charge in [-0.25, -0.2) is 12.7 Å². The van der Waals surface area contributed by atoms with E-state index in [-0.39, 0.29) is 0 Å². The van der Waals surface area contributed by atoms with Crippen LogP contribution in [0.1, 0.15) is 24.2 Å². The van der Waals surface area contributed by atoms with Crippen molar-refractivity contribution in [3.05, 3.63) is 11.4 Å². The fraction of sp³-hybridized carbons (Fsp3) is 0.750.